The Bertz CT molecular complexity index is 281. The maximum absolute atomic E-state index is 11.3. The number of carbonyl (C=O) groups is 3. The number of primary amides is 1. The minimum absolute atomic E-state index is 0.103. The Kier molecular flexibility index (Phi) is 7.70. The van der Waals surface area contributed by atoms with Gasteiger partial charge in [-0.05, 0) is 26.8 Å². The summed E-state index contributed by atoms with van der Waals surface area (Å²) in [4.78, 5) is 33.0. The van der Waals surface area contributed by atoms with Crippen LogP contribution in [-0.2, 0) is 9.59 Å². The maximum Gasteiger partial charge on any atom is 0.312 e. The summed E-state index contributed by atoms with van der Waals surface area (Å²) in [5.41, 5.74) is 4.89. The summed E-state index contributed by atoms with van der Waals surface area (Å²) in [6.45, 7) is 1.98. The van der Waals surface area contributed by atoms with E-state index in [1.807, 2.05) is 0 Å². The lowest BCUT2D eigenvalue weighted by Crippen LogP contribution is -2.43. The Morgan fingerprint density at radius 3 is 2.41 bits per heavy atom. The first-order valence-electron chi connectivity index (χ1n) is 5.45. The van der Waals surface area contributed by atoms with Crippen molar-refractivity contribution in [2.75, 3.05) is 20.1 Å². The highest BCUT2D eigenvalue weighted by molar-refractivity contribution is 5.88. The van der Waals surface area contributed by atoms with Crippen molar-refractivity contribution in [1.82, 2.24) is 16.0 Å². The van der Waals surface area contributed by atoms with Crippen molar-refractivity contribution in [2.24, 2.45) is 5.73 Å². The van der Waals surface area contributed by atoms with Crippen LogP contribution < -0.4 is 21.7 Å². The third kappa shape index (κ3) is 8.21. The topological polar surface area (TPSA) is 113 Å². The number of likely N-dealkylation sites (N-methyl/N-ethyl adjacent to an activating group) is 1. The summed E-state index contributed by atoms with van der Waals surface area (Å²) in [6.07, 6.45) is 1.05. The maximum atomic E-state index is 11.3. The van der Waals surface area contributed by atoms with Gasteiger partial charge in [-0.3, -0.25) is 9.59 Å². The van der Waals surface area contributed by atoms with E-state index < -0.39 is 12.1 Å². The molecule has 0 aromatic carbocycles. The van der Waals surface area contributed by atoms with E-state index in [9.17, 15) is 14.4 Å². The normalized spacial score (nSPS) is 11.6. The smallest absolute Gasteiger partial charge is 0.312 e. The zero-order valence-electron chi connectivity index (χ0n) is 10.2. The third-order valence-corrected chi connectivity index (χ3v) is 2.13. The Hall–Kier alpha value is -1.63. The highest BCUT2D eigenvalue weighted by atomic mass is 16.2. The number of urea groups is 1. The van der Waals surface area contributed by atoms with Crippen molar-refractivity contribution in [3.05, 3.63) is 0 Å². The third-order valence-electron chi connectivity index (χ3n) is 2.13. The van der Waals surface area contributed by atoms with Gasteiger partial charge in [-0.15, -0.1) is 0 Å². The molecule has 0 aliphatic rings. The van der Waals surface area contributed by atoms with Crippen molar-refractivity contribution in [1.29, 1.82) is 0 Å². The molecule has 1 atom stereocenters. The second kappa shape index (κ2) is 8.51. The van der Waals surface area contributed by atoms with Crippen LogP contribution in [0.2, 0.25) is 0 Å². The predicted molar refractivity (Wildman–Crippen MR) is 63.4 cm³/mol. The number of amides is 3. The predicted octanol–water partition coefficient (Wildman–Crippen LogP) is -1.27. The number of Topliss-reactive ketones (excluding diaryl/α,β-unsaturated/α-hetero) is 1. The van der Waals surface area contributed by atoms with Crippen molar-refractivity contribution < 1.29 is 14.4 Å². The molecule has 3 amide bonds. The Morgan fingerprint density at radius 2 is 1.94 bits per heavy atom. The van der Waals surface area contributed by atoms with E-state index in [0.29, 0.717) is 19.4 Å². The Balaban J connectivity index is 3.95. The molecule has 0 fully saturated rings. The van der Waals surface area contributed by atoms with Gasteiger partial charge in [0.15, 0.2) is 5.78 Å². The van der Waals surface area contributed by atoms with Crippen LogP contribution in [0.4, 0.5) is 4.79 Å². The molecule has 0 saturated carbocycles. The zero-order chi connectivity index (χ0) is 13.3. The monoisotopic (exact) mass is 244 g/mol. The molecule has 7 heteroatoms. The van der Waals surface area contributed by atoms with Gasteiger partial charge in [-0.25, -0.2) is 4.79 Å². The van der Waals surface area contributed by atoms with E-state index >= 15 is 0 Å². The van der Waals surface area contributed by atoms with E-state index in [-0.39, 0.29) is 18.2 Å². The molecular weight excluding hydrogens is 224 g/mol. The Labute approximate surface area is 100 Å². The van der Waals surface area contributed by atoms with Crippen molar-refractivity contribution in [2.45, 2.75) is 25.8 Å². The largest absolute Gasteiger partial charge is 0.352 e. The highest BCUT2D eigenvalue weighted by Crippen LogP contribution is 1.98. The summed E-state index contributed by atoms with van der Waals surface area (Å²) in [6, 6.07) is -1.10. The molecule has 17 heavy (non-hydrogen) atoms. The highest BCUT2D eigenvalue weighted by Gasteiger charge is 2.15. The summed E-state index contributed by atoms with van der Waals surface area (Å²) >= 11 is 0. The van der Waals surface area contributed by atoms with Gasteiger partial charge in [-0.2, -0.15) is 0 Å². The summed E-state index contributed by atoms with van der Waals surface area (Å²) in [5.74, 6) is -0.330. The lowest BCUT2D eigenvalue weighted by Gasteiger charge is -2.15. The van der Waals surface area contributed by atoms with Crippen LogP contribution in [0, 0.1) is 0 Å². The number of carbonyl (C=O) groups excluding carboxylic acids is 3. The van der Waals surface area contributed by atoms with E-state index in [1.165, 1.54) is 6.92 Å². The number of hydrogen-bond donors (Lipinski definition) is 4. The Morgan fingerprint density at radius 1 is 1.29 bits per heavy atom. The number of ketones is 1. The van der Waals surface area contributed by atoms with Crippen LogP contribution in [0.15, 0.2) is 0 Å². The number of nitrogens with two attached hydrogens (primary N) is 1. The minimum atomic E-state index is -0.594. The van der Waals surface area contributed by atoms with Gasteiger partial charge in [0, 0.05) is 6.54 Å². The van der Waals surface area contributed by atoms with Crippen LogP contribution in [0.25, 0.3) is 0 Å². The zero-order valence-corrected chi connectivity index (χ0v) is 10.2. The molecular formula is C10H20N4O3. The second-order valence-electron chi connectivity index (χ2n) is 3.69. The first-order valence-corrected chi connectivity index (χ1v) is 5.45. The number of hydrogen-bond acceptors (Lipinski definition) is 4. The molecule has 0 rings (SSSR count). The van der Waals surface area contributed by atoms with Crippen molar-refractivity contribution in [3.63, 3.8) is 0 Å². The van der Waals surface area contributed by atoms with E-state index in [2.05, 4.69) is 16.0 Å². The molecule has 0 aromatic heterocycles. The van der Waals surface area contributed by atoms with Crippen molar-refractivity contribution in [3.8, 4) is 0 Å². The fourth-order valence-corrected chi connectivity index (χ4v) is 1.30. The van der Waals surface area contributed by atoms with Gasteiger partial charge in [-0.1, -0.05) is 0 Å². The molecule has 0 radical (unpaired) electrons. The summed E-state index contributed by atoms with van der Waals surface area (Å²) in [7, 11) is 1.65. The molecule has 0 aliphatic carbocycles. The quantitative estimate of drug-likeness (QED) is 0.398. The fraction of sp³-hybridized carbons (Fsp3) is 0.700. The van der Waals surface area contributed by atoms with Crippen LogP contribution in [0.3, 0.4) is 0 Å². The summed E-state index contributed by atoms with van der Waals surface area (Å²) < 4.78 is 0. The molecule has 0 bridgehead atoms. The van der Waals surface area contributed by atoms with Gasteiger partial charge in [0.2, 0.25) is 5.91 Å². The van der Waals surface area contributed by atoms with Gasteiger partial charge in [0.25, 0.3) is 0 Å². The first kappa shape index (κ1) is 15.4. The van der Waals surface area contributed by atoms with E-state index in [0.717, 1.165) is 0 Å². The molecule has 5 N–H and O–H groups in total. The van der Waals surface area contributed by atoms with E-state index in [4.69, 9.17) is 5.73 Å². The lowest BCUT2D eigenvalue weighted by atomic mass is 10.1. The minimum Gasteiger partial charge on any atom is -0.352 e. The average molecular weight is 244 g/mol. The average Bonchev–Trinajstić information content (AvgIpc) is 2.22. The summed E-state index contributed by atoms with van der Waals surface area (Å²) in [5, 5.41) is 7.73. The van der Waals surface area contributed by atoms with Crippen molar-refractivity contribution >= 4 is 17.7 Å². The molecule has 0 spiro atoms. The van der Waals surface area contributed by atoms with E-state index in [1.54, 1.807) is 7.05 Å². The lowest BCUT2D eigenvalue weighted by molar-refractivity contribution is -0.126. The first-order chi connectivity index (χ1) is 7.97. The number of rotatable bonds is 8. The van der Waals surface area contributed by atoms with Gasteiger partial charge in [0.05, 0.1) is 12.6 Å². The molecule has 1 unspecified atom stereocenters. The molecule has 0 aromatic rings. The van der Waals surface area contributed by atoms with Crippen LogP contribution in [0.1, 0.15) is 19.8 Å². The molecule has 0 saturated heterocycles. The molecule has 0 heterocycles. The number of nitrogens with one attached hydrogen (secondary N) is 3. The van der Waals surface area contributed by atoms with Gasteiger partial charge in [0.1, 0.15) is 0 Å². The van der Waals surface area contributed by atoms with Gasteiger partial charge < -0.3 is 21.7 Å². The molecule has 0 aliphatic heterocycles. The fourth-order valence-electron chi connectivity index (χ4n) is 1.30. The molecule has 7 nitrogen and oxygen atoms in total. The van der Waals surface area contributed by atoms with Crippen LogP contribution >= 0.6 is 0 Å². The molecule has 98 valence electrons. The van der Waals surface area contributed by atoms with Crippen LogP contribution in [0.5, 0.6) is 0 Å². The SMILES string of the molecule is CNCC(=O)NC(CCCNC(N)=O)C(C)=O. The standard InChI is InChI=1S/C10H20N4O3/c1-7(15)8(14-9(16)6-12-2)4-3-5-13-10(11)17/h8,12H,3-6H2,1-2H3,(H,14,16)(H3,11,13,17). The second-order valence-corrected chi connectivity index (χ2v) is 3.69. The van der Waals surface area contributed by atoms with Crippen LogP contribution in [-0.4, -0.2) is 43.9 Å². The van der Waals surface area contributed by atoms with Gasteiger partial charge >= 0.3 is 6.03 Å².